The number of hydrogen-bond acceptors (Lipinski definition) is 4. The Labute approximate surface area is 121 Å². The molecule has 0 aliphatic carbocycles. The number of carboxylic acids is 1. The fourth-order valence-corrected chi connectivity index (χ4v) is 2.04. The van der Waals surface area contributed by atoms with Gasteiger partial charge in [0.15, 0.2) is 0 Å². The summed E-state index contributed by atoms with van der Waals surface area (Å²) in [5.74, 6) is -1.45. The number of aromatic carboxylic acids is 1. The van der Waals surface area contributed by atoms with Crippen LogP contribution in [0.5, 0.6) is 0 Å². The van der Waals surface area contributed by atoms with E-state index >= 15 is 0 Å². The van der Waals surface area contributed by atoms with E-state index in [1.807, 2.05) is 6.92 Å². The van der Waals surface area contributed by atoms with E-state index < -0.39 is 5.97 Å². The van der Waals surface area contributed by atoms with Gasteiger partial charge in [0.1, 0.15) is 6.61 Å². The van der Waals surface area contributed by atoms with Crippen molar-refractivity contribution in [2.45, 2.75) is 12.5 Å². The Morgan fingerprint density at radius 3 is 2.70 bits per heavy atom. The first-order chi connectivity index (χ1) is 9.38. The minimum Gasteiger partial charge on any atom is -0.478 e. The minimum absolute atomic E-state index is 0.0175. The quantitative estimate of drug-likeness (QED) is 0.764. The molecule has 0 radical (unpaired) electrons. The van der Waals surface area contributed by atoms with E-state index in [1.54, 1.807) is 0 Å². The zero-order valence-electron chi connectivity index (χ0n) is 10.9. The second-order valence-electron chi connectivity index (χ2n) is 4.92. The Hall–Kier alpha value is -1.63. The van der Waals surface area contributed by atoms with E-state index in [0.717, 1.165) is 0 Å². The summed E-state index contributed by atoms with van der Waals surface area (Å²) >= 11 is 5.80. The van der Waals surface area contributed by atoms with Crippen LogP contribution in [0.4, 0.5) is 5.69 Å². The standard InChI is InChI=1S/C13H15ClN2O4/c1-13(6-15-7-13)20-5-11(17)16-10-3-8(12(18)19)2-9(14)4-10/h2-4,15H,5-7H2,1H3,(H,16,17)(H,18,19). The van der Waals surface area contributed by atoms with Crippen molar-refractivity contribution < 1.29 is 19.4 Å². The number of amides is 1. The number of halogens is 1. The molecule has 1 aliphatic rings. The molecule has 20 heavy (non-hydrogen) atoms. The molecule has 108 valence electrons. The van der Waals surface area contributed by atoms with E-state index in [2.05, 4.69) is 10.6 Å². The van der Waals surface area contributed by atoms with Gasteiger partial charge in [0.2, 0.25) is 5.91 Å². The van der Waals surface area contributed by atoms with Crippen molar-refractivity contribution in [3.63, 3.8) is 0 Å². The van der Waals surface area contributed by atoms with Gasteiger partial charge in [-0.1, -0.05) is 11.6 Å². The van der Waals surface area contributed by atoms with Crippen molar-refractivity contribution in [1.29, 1.82) is 0 Å². The van der Waals surface area contributed by atoms with Gasteiger partial charge in [-0.3, -0.25) is 4.79 Å². The molecule has 1 aliphatic heterocycles. The van der Waals surface area contributed by atoms with Crippen LogP contribution < -0.4 is 10.6 Å². The van der Waals surface area contributed by atoms with Gasteiger partial charge in [-0.25, -0.2) is 4.79 Å². The van der Waals surface area contributed by atoms with Crippen LogP contribution in [0.25, 0.3) is 0 Å². The zero-order chi connectivity index (χ0) is 14.8. The number of carbonyl (C=O) groups is 2. The topological polar surface area (TPSA) is 87.7 Å². The minimum atomic E-state index is -1.10. The molecule has 1 fully saturated rings. The Bertz CT molecular complexity index is 543. The highest BCUT2D eigenvalue weighted by molar-refractivity contribution is 6.31. The summed E-state index contributed by atoms with van der Waals surface area (Å²) in [6.45, 7) is 3.24. The monoisotopic (exact) mass is 298 g/mol. The SMILES string of the molecule is CC1(OCC(=O)Nc2cc(Cl)cc(C(=O)O)c2)CNC1. The number of nitrogens with one attached hydrogen (secondary N) is 2. The summed E-state index contributed by atoms with van der Waals surface area (Å²) in [6.07, 6.45) is 0. The molecule has 6 nitrogen and oxygen atoms in total. The molecule has 0 aromatic heterocycles. The molecule has 1 aromatic carbocycles. The number of ether oxygens (including phenoxy) is 1. The third kappa shape index (κ3) is 3.69. The molecule has 1 saturated heterocycles. The van der Waals surface area contributed by atoms with E-state index in [0.29, 0.717) is 18.8 Å². The van der Waals surface area contributed by atoms with Crippen molar-refractivity contribution in [3.8, 4) is 0 Å². The maximum atomic E-state index is 11.7. The highest BCUT2D eigenvalue weighted by Crippen LogP contribution is 2.20. The lowest BCUT2D eigenvalue weighted by atomic mass is 10.0. The second-order valence-corrected chi connectivity index (χ2v) is 5.36. The number of rotatable bonds is 5. The molecule has 2 rings (SSSR count). The molecule has 1 aromatic rings. The number of carbonyl (C=O) groups excluding carboxylic acids is 1. The maximum Gasteiger partial charge on any atom is 0.335 e. The van der Waals surface area contributed by atoms with Gasteiger partial charge in [0, 0.05) is 23.8 Å². The lowest BCUT2D eigenvalue weighted by Gasteiger charge is -2.38. The van der Waals surface area contributed by atoms with E-state index in [9.17, 15) is 9.59 Å². The second kappa shape index (κ2) is 5.78. The molecule has 0 spiro atoms. The van der Waals surface area contributed by atoms with Gasteiger partial charge in [0.25, 0.3) is 0 Å². The lowest BCUT2D eigenvalue weighted by molar-refractivity contribution is -0.130. The zero-order valence-corrected chi connectivity index (χ0v) is 11.7. The predicted octanol–water partition coefficient (Wildman–Crippen LogP) is 1.36. The first-order valence-electron chi connectivity index (χ1n) is 6.06. The van der Waals surface area contributed by atoms with Crippen LogP contribution in [0.2, 0.25) is 5.02 Å². The maximum absolute atomic E-state index is 11.7. The summed E-state index contributed by atoms with van der Waals surface area (Å²) < 4.78 is 5.48. The Balaban J connectivity index is 1.95. The van der Waals surface area contributed by atoms with Gasteiger partial charge < -0.3 is 20.5 Å². The Morgan fingerprint density at radius 1 is 1.45 bits per heavy atom. The van der Waals surface area contributed by atoms with E-state index in [4.69, 9.17) is 21.4 Å². The van der Waals surface area contributed by atoms with Crippen LogP contribution in [-0.4, -0.2) is 42.3 Å². The summed E-state index contributed by atoms with van der Waals surface area (Å²) in [5.41, 5.74) is 0.0435. The molecule has 0 bridgehead atoms. The number of anilines is 1. The van der Waals surface area contributed by atoms with Crippen molar-refractivity contribution in [2.24, 2.45) is 0 Å². The average Bonchev–Trinajstić information content (AvgIpc) is 2.33. The van der Waals surface area contributed by atoms with Gasteiger partial charge in [0.05, 0.1) is 11.2 Å². The van der Waals surface area contributed by atoms with Crippen LogP contribution in [0.3, 0.4) is 0 Å². The van der Waals surface area contributed by atoms with Gasteiger partial charge in [-0.05, 0) is 25.1 Å². The molecule has 3 N–H and O–H groups in total. The number of hydrogen-bond donors (Lipinski definition) is 3. The summed E-state index contributed by atoms with van der Waals surface area (Å²) in [6, 6.07) is 4.15. The molecule has 7 heteroatoms. The Morgan fingerprint density at radius 2 is 2.15 bits per heavy atom. The largest absolute Gasteiger partial charge is 0.478 e. The molecule has 1 heterocycles. The van der Waals surface area contributed by atoms with Crippen molar-refractivity contribution >= 4 is 29.2 Å². The summed E-state index contributed by atoms with van der Waals surface area (Å²) in [5, 5.41) is 14.8. The van der Waals surface area contributed by atoms with Crippen LogP contribution >= 0.6 is 11.6 Å². The van der Waals surface area contributed by atoms with Crippen LogP contribution in [0.1, 0.15) is 17.3 Å². The molecular formula is C13H15ClN2O4. The predicted molar refractivity (Wildman–Crippen MR) is 74.3 cm³/mol. The number of carboxylic acid groups (broad SMARTS) is 1. The summed E-state index contributed by atoms with van der Waals surface area (Å²) in [7, 11) is 0. The first-order valence-corrected chi connectivity index (χ1v) is 6.44. The van der Waals surface area contributed by atoms with Gasteiger partial charge in [-0.15, -0.1) is 0 Å². The fourth-order valence-electron chi connectivity index (χ4n) is 1.80. The van der Waals surface area contributed by atoms with Gasteiger partial charge in [-0.2, -0.15) is 0 Å². The fraction of sp³-hybridized carbons (Fsp3) is 0.385. The highest BCUT2D eigenvalue weighted by Gasteiger charge is 2.33. The summed E-state index contributed by atoms with van der Waals surface area (Å²) in [4.78, 5) is 22.6. The third-order valence-electron chi connectivity index (χ3n) is 2.98. The molecule has 0 unspecified atom stereocenters. The van der Waals surface area contributed by atoms with Crippen molar-refractivity contribution in [2.75, 3.05) is 25.0 Å². The van der Waals surface area contributed by atoms with Crippen LogP contribution in [-0.2, 0) is 9.53 Å². The molecule has 1 amide bonds. The normalized spacial score (nSPS) is 16.3. The van der Waals surface area contributed by atoms with Crippen molar-refractivity contribution in [3.05, 3.63) is 28.8 Å². The average molecular weight is 299 g/mol. The smallest absolute Gasteiger partial charge is 0.335 e. The molecule has 0 saturated carbocycles. The van der Waals surface area contributed by atoms with Gasteiger partial charge >= 0.3 is 5.97 Å². The third-order valence-corrected chi connectivity index (χ3v) is 3.20. The lowest BCUT2D eigenvalue weighted by Crippen LogP contribution is -2.59. The molecular weight excluding hydrogens is 284 g/mol. The first kappa shape index (κ1) is 14.8. The van der Waals surface area contributed by atoms with Crippen molar-refractivity contribution in [1.82, 2.24) is 5.32 Å². The Kier molecular flexibility index (Phi) is 4.27. The molecule has 0 atom stereocenters. The number of benzene rings is 1. The van der Waals surface area contributed by atoms with E-state index in [1.165, 1.54) is 18.2 Å². The van der Waals surface area contributed by atoms with Crippen LogP contribution in [0.15, 0.2) is 18.2 Å². The van der Waals surface area contributed by atoms with Crippen LogP contribution in [0, 0.1) is 0 Å². The highest BCUT2D eigenvalue weighted by atomic mass is 35.5. The van der Waals surface area contributed by atoms with E-state index in [-0.39, 0.29) is 28.7 Å².